The Morgan fingerprint density at radius 1 is 1.13 bits per heavy atom. The average Bonchev–Trinajstić information content (AvgIpc) is 2.77. The fraction of sp³-hybridized carbons (Fsp3) is 0.500. The van der Waals surface area contributed by atoms with Crippen LogP contribution in [0, 0.1) is 12.8 Å². The molecule has 0 aliphatic carbocycles. The second-order valence-electron chi connectivity index (χ2n) is 8.73. The largest absolute Gasteiger partial charge is 0.493 e. The van der Waals surface area contributed by atoms with E-state index < -0.39 is 0 Å². The molecule has 2 aromatic carbocycles. The molecule has 0 bridgehead atoms. The fourth-order valence-corrected chi connectivity index (χ4v) is 4.36. The summed E-state index contributed by atoms with van der Waals surface area (Å²) in [5.41, 5.74) is 5.02. The molecule has 0 radical (unpaired) electrons. The van der Waals surface area contributed by atoms with Crippen molar-refractivity contribution in [1.82, 2.24) is 10.2 Å². The van der Waals surface area contributed by atoms with Crippen LogP contribution < -0.4 is 14.8 Å². The third-order valence-electron chi connectivity index (χ3n) is 6.21. The predicted octanol–water partition coefficient (Wildman–Crippen LogP) is 4.66. The monoisotopic (exact) mass is 424 g/mol. The zero-order chi connectivity index (χ0) is 22.5. The number of carbonyl (C=O) groups is 1. The molecule has 0 aromatic heterocycles. The lowest BCUT2D eigenvalue weighted by atomic mass is 9.86. The molecule has 2 atom stereocenters. The summed E-state index contributed by atoms with van der Waals surface area (Å²) < 4.78 is 11.2. The Bertz CT molecular complexity index is 892. The summed E-state index contributed by atoms with van der Waals surface area (Å²) >= 11 is 0. The quantitative estimate of drug-likeness (QED) is 0.669. The molecular formula is C26H36N2O3. The van der Waals surface area contributed by atoms with Crippen molar-refractivity contribution in [3.63, 3.8) is 0 Å². The number of aryl methyl sites for hydroxylation is 1. The van der Waals surface area contributed by atoms with E-state index in [-0.39, 0.29) is 23.9 Å². The van der Waals surface area contributed by atoms with Gasteiger partial charge < -0.3 is 14.8 Å². The molecule has 1 aliphatic heterocycles. The maximum Gasteiger partial charge on any atom is 0.222 e. The van der Waals surface area contributed by atoms with Gasteiger partial charge in [0.1, 0.15) is 0 Å². The Morgan fingerprint density at radius 3 is 2.35 bits per heavy atom. The number of rotatable bonds is 8. The van der Waals surface area contributed by atoms with E-state index in [1.54, 1.807) is 14.2 Å². The van der Waals surface area contributed by atoms with Crippen molar-refractivity contribution in [2.45, 2.75) is 59.2 Å². The first-order valence-corrected chi connectivity index (χ1v) is 11.2. The summed E-state index contributed by atoms with van der Waals surface area (Å²) in [5, 5.41) is 3.32. The molecule has 168 valence electrons. The van der Waals surface area contributed by atoms with Crippen molar-refractivity contribution < 1.29 is 14.3 Å². The van der Waals surface area contributed by atoms with Crippen LogP contribution in [0.2, 0.25) is 0 Å². The van der Waals surface area contributed by atoms with Gasteiger partial charge >= 0.3 is 0 Å². The second kappa shape index (κ2) is 10.2. The normalized spacial score (nSPS) is 17.2. The molecule has 1 heterocycles. The van der Waals surface area contributed by atoms with Gasteiger partial charge in [-0.2, -0.15) is 0 Å². The van der Waals surface area contributed by atoms with Crippen molar-refractivity contribution in [2.24, 2.45) is 5.92 Å². The molecular weight excluding hydrogens is 388 g/mol. The number of fused-ring (bicyclic) bond motifs is 1. The molecule has 5 nitrogen and oxygen atoms in total. The summed E-state index contributed by atoms with van der Waals surface area (Å²) in [5.74, 6) is 1.53. The van der Waals surface area contributed by atoms with Crippen LogP contribution in [0.25, 0.3) is 0 Å². The fourth-order valence-electron chi connectivity index (χ4n) is 4.36. The third kappa shape index (κ3) is 5.21. The van der Waals surface area contributed by atoms with Crippen LogP contribution in [0.15, 0.2) is 36.4 Å². The third-order valence-corrected chi connectivity index (χ3v) is 6.21. The van der Waals surface area contributed by atoms with Gasteiger partial charge in [-0.25, -0.2) is 0 Å². The van der Waals surface area contributed by atoms with E-state index in [1.807, 2.05) is 13.8 Å². The summed E-state index contributed by atoms with van der Waals surface area (Å²) in [7, 11) is 3.34. The van der Waals surface area contributed by atoms with Gasteiger partial charge in [0.15, 0.2) is 11.5 Å². The second-order valence-corrected chi connectivity index (χ2v) is 8.73. The van der Waals surface area contributed by atoms with Crippen LogP contribution in [0.1, 0.15) is 55.5 Å². The molecule has 1 amide bonds. The minimum absolute atomic E-state index is 0.0116. The van der Waals surface area contributed by atoms with Gasteiger partial charge in [0, 0.05) is 25.0 Å². The molecule has 0 saturated heterocycles. The minimum atomic E-state index is -0.0481. The number of nitrogens with one attached hydrogen (secondary N) is 1. The van der Waals surface area contributed by atoms with Crippen LogP contribution >= 0.6 is 0 Å². The molecule has 5 heteroatoms. The Balaban J connectivity index is 2.02. The Morgan fingerprint density at radius 2 is 1.77 bits per heavy atom. The van der Waals surface area contributed by atoms with Gasteiger partial charge in [0.25, 0.3) is 0 Å². The van der Waals surface area contributed by atoms with E-state index >= 15 is 0 Å². The van der Waals surface area contributed by atoms with E-state index in [1.165, 1.54) is 22.3 Å². The van der Waals surface area contributed by atoms with Crippen molar-refractivity contribution in [1.29, 1.82) is 0 Å². The summed E-state index contributed by atoms with van der Waals surface area (Å²) in [6.07, 6.45) is 1.79. The number of methoxy groups -OCH3 is 2. The zero-order valence-electron chi connectivity index (χ0n) is 19.7. The Hall–Kier alpha value is -2.53. The molecule has 0 spiro atoms. The highest BCUT2D eigenvalue weighted by Gasteiger charge is 2.35. The van der Waals surface area contributed by atoms with Crippen molar-refractivity contribution >= 4 is 5.91 Å². The zero-order valence-corrected chi connectivity index (χ0v) is 19.7. The van der Waals surface area contributed by atoms with Crippen molar-refractivity contribution in [2.75, 3.05) is 20.8 Å². The first-order valence-electron chi connectivity index (χ1n) is 11.2. The van der Waals surface area contributed by atoms with Gasteiger partial charge in [-0.1, -0.05) is 50.6 Å². The summed E-state index contributed by atoms with van der Waals surface area (Å²) in [4.78, 5) is 15.1. The number of ether oxygens (including phenoxy) is 2. The van der Waals surface area contributed by atoms with Crippen LogP contribution in [0.3, 0.4) is 0 Å². The first-order chi connectivity index (χ1) is 14.9. The molecule has 0 unspecified atom stereocenters. The molecule has 2 aromatic rings. The number of nitrogens with zero attached hydrogens (tertiary/aromatic N) is 1. The molecule has 1 N–H and O–H groups in total. The van der Waals surface area contributed by atoms with E-state index in [0.29, 0.717) is 0 Å². The SMILES string of the molecule is CC[C@@H](NC(=O)C(C)C)[C@@H]1c2cc(OC)c(OC)cc2CCN1Cc1ccc(C)cc1. The molecule has 0 saturated carbocycles. The molecule has 3 rings (SSSR count). The van der Waals surface area contributed by atoms with Gasteiger partial charge in [-0.15, -0.1) is 0 Å². The maximum atomic E-state index is 12.6. The molecule has 1 aliphatic rings. The van der Waals surface area contributed by atoms with E-state index in [9.17, 15) is 4.79 Å². The smallest absolute Gasteiger partial charge is 0.222 e. The van der Waals surface area contributed by atoms with E-state index in [2.05, 4.69) is 60.5 Å². The minimum Gasteiger partial charge on any atom is -0.493 e. The number of benzene rings is 2. The van der Waals surface area contributed by atoms with Gasteiger partial charge in [-0.3, -0.25) is 9.69 Å². The lowest BCUT2D eigenvalue weighted by Gasteiger charge is -2.42. The van der Waals surface area contributed by atoms with Gasteiger partial charge in [0.05, 0.1) is 20.3 Å². The average molecular weight is 425 g/mol. The molecule has 0 fully saturated rings. The standard InChI is InChI=1S/C26H36N2O3/c1-7-22(27-26(29)17(2)3)25-21-15-24(31-6)23(30-5)14-20(21)12-13-28(25)16-19-10-8-18(4)9-11-19/h8-11,14-15,17,22,25H,7,12-13,16H2,1-6H3,(H,27,29)/t22-,25+/m1/s1. The van der Waals surface area contributed by atoms with Crippen LogP contribution in [-0.4, -0.2) is 37.6 Å². The number of hydrogen-bond acceptors (Lipinski definition) is 4. The number of carbonyl (C=O) groups excluding carboxylic acids is 1. The lowest BCUT2D eigenvalue weighted by molar-refractivity contribution is -0.125. The Kier molecular flexibility index (Phi) is 7.60. The van der Waals surface area contributed by atoms with Crippen molar-refractivity contribution in [3.05, 3.63) is 58.7 Å². The Labute approximate surface area is 186 Å². The topological polar surface area (TPSA) is 50.8 Å². The maximum absolute atomic E-state index is 12.6. The van der Waals surface area contributed by atoms with Gasteiger partial charge in [-0.05, 0) is 48.6 Å². The van der Waals surface area contributed by atoms with E-state index in [4.69, 9.17) is 9.47 Å². The highest BCUT2D eigenvalue weighted by Crippen LogP contribution is 2.40. The van der Waals surface area contributed by atoms with E-state index in [0.717, 1.165) is 37.4 Å². The van der Waals surface area contributed by atoms with Crippen LogP contribution in [-0.2, 0) is 17.8 Å². The van der Waals surface area contributed by atoms with Crippen LogP contribution in [0.4, 0.5) is 0 Å². The lowest BCUT2D eigenvalue weighted by Crippen LogP contribution is -2.49. The number of amides is 1. The summed E-state index contributed by atoms with van der Waals surface area (Å²) in [6, 6.07) is 13.0. The van der Waals surface area contributed by atoms with Crippen LogP contribution in [0.5, 0.6) is 11.5 Å². The number of hydrogen-bond donors (Lipinski definition) is 1. The summed E-state index contributed by atoms with van der Waals surface area (Å²) in [6.45, 7) is 9.90. The highest BCUT2D eigenvalue weighted by atomic mass is 16.5. The van der Waals surface area contributed by atoms with Gasteiger partial charge in [0.2, 0.25) is 5.91 Å². The predicted molar refractivity (Wildman–Crippen MR) is 125 cm³/mol. The highest BCUT2D eigenvalue weighted by molar-refractivity contribution is 5.78. The molecule has 31 heavy (non-hydrogen) atoms. The first kappa shape index (κ1) is 23.1. The van der Waals surface area contributed by atoms with Crippen molar-refractivity contribution in [3.8, 4) is 11.5 Å².